The molecule has 2 heterocycles. The van der Waals surface area contributed by atoms with Gasteiger partial charge in [0.15, 0.2) is 0 Å². The molecule has 2 N–H and O–H groups in total. The molecule has 0 atom stereocenters. The number of carbonyl (C=O) groups is 1. The first-order chi connectivity index (χ1) is 13.3. The summed E-state index contributed by atoms with van der Waals surface area (Å²) >= 11 is 0. The summed E-state index contributed by atoms with van der Waals surface area (Å²) in [6.45, 7) is 6.95. The van der Waals surface area contributed by atoms with Crippen molar-refractivity contribution >= 4 is 39.2 Å². The molecule has 1 aliphatic rings. The van der Waals surface area contributed by atoms with Crippen LogP contribution in [0.5, 0.6) is 0 Å². The third kappa shape index (κ3) is 3.57. The fraction of sp³-hybridized carbons (Fsp3) is 0.348. The lowest BCUT2D eigenvalue weighted by molar-refractivity contribution is 0.0270. The second-order valence-electron chi connectivity index (χ2n) is 8.30. The van der Waals surface area contributed by atoms with E-state index in [-0.39, 0.29) is 6.09 Å². The van der Waals surface area contributed by atoms with Gasteiger partial charge in [-0.2, -0.15) is 0 Å². The Labute approximate surface area is 165 Å². The number of rotatable bonds is 2. The molecule has 28 heavy (non-hydrogen) atoms. The first-order valence-corrected chi connectivity index (χ1v) is 9.74. The number of fused-ring (bicyclic) bond motifs is 3. The fourth-order valence-corrected chi connectivity index (χ4v) is 3.68. The van der Waals surface area contributed by atoms with Crippen LogP contribution in [0.2, 0.25) is 0 Å². The molecule has 0 fully saturated rings. The number of ether oxygens (including phenoxy) is 1. The highest BCUT2D eigenvalue weighted by molar-refractivity contribution is 6.08. The first-order valence-electron chi connectivity index (χ1n) is 9.74. The highest BCUT2D eigenvalue weighted by Crippen LogP contribution is 2.31. The smallest absolute Gasteiger partial charge is 0.410 e. The van der Waals surface area contributed by atoms with Crippen LogP contribution in [-0.4, -0.2) is 41.7 Å². The number of amides is 1. The van der Waals surface area contributed by atoms with Gasteiger partial charge in [0.05, 0.1) is 0 Å². The maximum Gasteiger partial charge on any atom is 0.410 e. The van der Waals surface area contributed by atoms with Gasteiger partial charge in [-0.05, 0) is 62.6 Å². The third-order valence-electron chi connectivity index (χ3n) is 5.12. The number of nitrogens with zero attached hydrogens (tertiary/aromatic N) is 1. The largest absolute Gasteiger partial charge is 0.444 e. The number of nitrogens with one attached hydrogen (secondary N) is 2. The van der Waals surface area contributed by atoms with Crippen LogP contribution in [0.15, 0.2) is 42.5 Å². The van der Waals surface area contributed by atoms with Crippen LogP contribution in [0.4, 0.5) is 10.5 Å². The van der Waals surface area contributed by atoms with Crippen molar-refractivity contribution in [1.82, 2.24) is 9.88 Å². The Kier molecular flexibility index (Phi) is 4.53. The summed E-state index contributed by atoms with van der Waals surface area (Å²) in [6.07, 6.45) is 2.73. The number of H-pyrrole nitrogens is 1. The van der Waals surface area contributed by atoms with E-state index in [0.717, 1.165) is 23.1 Å². The van der Waals surface area contributed by atoms with Gasteiger partial charge in [-0.15, -0.1) is 0 Å². The fourth-order valence-electron chi connectivity index (χ4n) is 3.68. The van der Waals surface area contributed by atoms with Gasteiger partial charge in [0.25, 0.3) is 0 Å². The van der Waals surface area contributed by atoms with Crippen LogP contribution in [0.1, 0.15) is 32.8 Å². The lowest BCUT2D eigenvalue weighted by atomic mass is 9.98. The molecule has 1 aromatic heterocycles. The number of aromatic nitrogens is 1. The molecule has 3 aromatic rings. The Morgan fingerprint density at radius 1 is 1.11 bits per heavy atom. The topological polar surface area (TPSA) is 57.4 Å². The summed E-state index contributed by atoms with van der Waals surface area (Å²) in [7, 11) is 1.93. The first kappa shape index (κ1) is 18.4. The molecular weight excluding hydrogens is 350 g/mol. The van der Waals surface area contributed by atoms with Crippen molar-refractivity contribution in [2.24, 2.45) is 0 Å². The lowest BCUT2D eigenvalue weighted by Gasteiger charge is -2.29. The molecule has 5 nitrogen and oxygen atoms in total. The zero-order chi connectivity index (χ0) is 19.9. The lowest BCUT2D eigenvalue weighted by Crippen LogP contribution is -2.39. The van der Waals surface area contributed by atoms with Crippen molar-refractivity contribution in [3.63, 3.8) is 0 Å². The van der Waals surface area contributed by atoms with E-state index in [1.54, 1.807) is 4.90 Å². The number of anilines is 1. The van der Waals surface area contributed by atoms with Gasteiger partial charge in [0, 0.05) is 47.6 Å². The number of carbonyl (C=O) groups excluding carboxylic acids is 1. The summed E-state index contributed by atoms with van der Waals surface area (Å²) in [4.78, 5) is 17.5. The Balaban J connectivity index is 1.59. The van der Waals surface area contributed by atoms with E-state index in [4.69, 9.17) is 4.74 Å². The van der Waals surface area contributed by atoms with Gasteiger partial charge < -0.3 is 19.9 Å². The van der Waals surface area contributed by atoms with E-state index in [9.17, 15) is 4.79 Å². The standard InChI is InChI=1S/C23H27N3O2/c1-23(2,3)28-22(27)26-11-9-15(10-12-26)16-5-8-20-19(13-16)18-7-6-17(24-4)14-21(18)25-20/h5-9,13-14,24-25H,10-12H2,1-4H3. The predicted octanol–water partition coefficient (Wildman–Crippen LogP) is 5.39. The maximum absolute atomic E-state index is 12.3. The van der Waals surface area contributed by atoms with E-state index >= 15 is 0 Å². The minimum absolute atomic E-state index is 0.241. The highest BCUT2D eigenvalue weighted by atomic mass is 16.6. The molecule has 0 unspecified atom stereocenters. The third-order valence-corrected chi connectivity index (χ3v) is 5.12. The average molecular weight is 377 g/mol. The van der Waals surface area contributed by atoms with Crippen molar-refractivity contribution in [2.75, 3.05) is 25.5 Å². The minimum atomic E-state index is -0.464. The van der Waals surface area contributed by atoms with Crippen LogP contribution in [0.3, 0.4) is 0 Å². The summed E-state index contributed by atoms with van der Waals surface area (Å²) in [5.41, 5.74) is 5.40. The normalized spacial score (nSPS) is 15.0. The SMILES string of the molecule is CNc1ccc2c(c1)[nH]c1ccc(C3=CCN(C(=O)OC(C)(C)C)CC3)cc12. The van der Waals surface area contributed by atoms with E-state index in [1.165, 1.54) is 21.9 Å². The van der Waals surface area contributed by atoms with Crippen LogP contribution in [0.25, 0.3) is 27.4 Å². The van der Waals surface area contributed by atoms with Crippen LogP contribution >= 0.6 is 0 Å². The molecule has 0 saturated heterocycles. The minimum Gasteiger partial charge on any atom is -0.444 e. The van der Waals surface area contributed by atoms with Crippen molar-refractivity contribution in [3.8, 4) is 0 Å². The number of aromatic amines is 1. The van der Waals surface area contributed by atoms with Crippen molar-refractivity contribution in [2.45, 2.75) is 32.8 Å². The molecule has 1 amide bonds. The van der Waals surface area contributed by atoms with Gasteiger partial charge in [-0.1, -0.05) is 18.2 Å². The Bertz CT molecular complexity index is 1070. The average Bonchev–Trinajstić information content (AvgIpc) is 3.03. The predicted molar refractivity (Wildman–Crippen MR) is 116 cm³/mol. The number of hydrogen-bond donors (Lipinski definition) is 2. The second-order valence-corrected chi connectivity index (χ2v) is 8.30. The zero-order valence-electron chi connectivity index (χ0n) is 16.9. The van der Waals surface area contributed by atoms with E-state index in [0.29, 0.717) is 13.1 Å². The van der Waals surface area contributed by atoms with E-state index in [2.05, 4.69) is 52.8 Å². The van der Waals surface area contributed by atoms with E-state index in [1.807, 2.05) is 27.8 Å². The van der Waals surface area contributed by atoms with Gasteiger partial charge >= 0.3 is 6.09 Å². The maximum atomic E-state index is 12.3. The molecule has 4 rings (SSSR count). The molecule has 1 aliphatic heterocycles. The summed E-state index contributed by atoms with van der Waals surface area (Å²) in [5, 5.41) is 5.63. The Hall–Kier alpha value is -2.95. The highest BCUT2D eigenvalue weighted by Gasteiger charge is 2.24. The molecular formula is C23H27N3O2. The summed E-state index contributed by atoms with van der Waals surface area (Å²) in [5.74, 6) is 0. The quantitative estimate of drug-likeness (QED) is 0.630. The molecule has 0 radical (unpaired) electrons. The molecule has 5 heteroatoms. The monoisotopic (exact) mass is 377 g/mol. The number of hydrogen-bond acceptors (Lipinski definition) is 3. The van der Waals surface area contributed by atoms with Gasteiger partial charge in [-0.25, -0.2) is 4.79 Å². The molecule has 0 spiro atoms. The summed E-state index contributed by atoms with van der Waals surface area (Å²) in [6, 6.07) is 12.9. The van der Waals surface area contributed by atoms with Crippen molar-refractivity contribution in [1.29, 1.82) is 0 Å². The van der Waals surface area contributed by atoms with E-state index < -0.39 is 5.60 Å². The summed E-state index contributed by atoms with van der Waals surface area (Å²) < 4.78 is 5.48. The van der Waals surface area contributed by atoms with Gasteiger partial charge in [0.1, 0.15) is 5.60 Å². The van der Waals surface area contributed by atoms with Gasteiger partial charge in [0.2, 0.25) is 0 Å². The van der Waals surface area contributed by atoms with Crippen LogP contribution < -0.4 is 5.32 Å². The molecule has 2 aromatic carbocycles. The van der Waals surface area contributed by atoms with Crippen molar-refractivity contribution < 1.29 is 9.53 Å². The molecule has 0 aliphatic carbocycles. The molecule has 146 valence electrons. The zero-order valence-corrected chi connectivity index (χ0v) is 16.9. The second kappa shape index (κ2) is 6.89. The Morgan fingerprint density at radius 2 is 1.93 bits per heavy atom. The van der Waals surface area contributed by atoms with Crippen LogP contribution in [-0.2, 0) is 4.74 Å². The number of benzene rings is 2. The molecule has 0 saturated carbocycles. The molecule has 0 bridgehead atoms. The van der Waals surface area contributed by atoms with Crippen molar-refractivity contribution in [3.05, 3.63) is 48.0 Å². The Morgan fingerprint density at radius 3 is 2.61 bits per heavy atom. The van der Waals surface area contributed by atoms with Crippen LogP contribution in [0, 0.1) is 0 Å². The van der Waals surface area contributed by atoms with Gasteiger partial charge in [-0.3, -0.25) is 0 Å².